The van der Waals surface area contributed by atoms with E-state index in [1.807, 2.05) is 30.3 Å². The normalized spacial score (nSPS) is 18.6. The summed E-state index contributed by atoms with van der Waals surface area (Å²) < 4.78 is 49.3. The number of halogens is 3. The van der Waals surface area contributed by atoms with Crippen LogP contribution >= 0.6 is 0 Å². The van der Waals surface area contributed by atoms with Gasteiger partial charge in [-0.05, 0) is 43.0 Å². The van der Waals surface area contributed by atoms with Crippen LogP contribution in [0.25, 0.3) is 0 Å². The van der Waals surface area contributed by atoms with Crippen molar-refractivity contribution in [3.63, 3.8) is 0 Å². The molecule has 0 spiro atoms. The Morgan fingerprint density at radius 1 is 1.00 bits per heavy atom. The molecule has 1 fully saturated rings. The van der Waals surface area contributed by atoms with Crippen molar-refractivity contribution in [1.29, 1.82) is 0 Å². The van der Waals surface area contributed by atoms with Crippen LogP contribution in [0.5, 0.6) is 0 Å². The molecular weight excluding hydrogens is 411 g/mol. The largest absolute Gasteiger partial charge is 0.464 e. The van der Waals surface area contributed by atoms with Crippen molar-refractivity contribution in [3.8, 4) is 0 Å². The number of ether oxygens (including phenoxy) is 2. The number of amides is 1. The molecule has 0 aromatic heterocycles. The van der Waals surface area contributed by atoms with Gasteiger partial charge in [0.2, 0.25) is 0 Å². The fourth-order valence-electron chi connectivity index (χ4n) is 3.82. The predicted octanol–water partition coefficient (Wildman–Crippen LogP) is 4.98. The molecule has 166 valence electrons. The van der Waals surface area contributed by atoms with Crippen LogP contribution in [0.4, 0.5) is 18.0 Å². The third-order valence-electron chi connectivity index (χ3n) is 5.35. The number of rotatable bonds is 6. The summed E-state index contributed by atoms with van der Waals surface area (Å²) in [7, 11) is 0. The first-order chi connectivity index (χ1) is 14.8. The SMILES string of the molecule is CCOC(=O)C1(Cc2ccc(C(F)(F)F)cc2)CCCN1C(=O)OCc1ccccc1. The van der Waals surface area contributed by atoms with Gasteiger partial charge in [-0.25, -0.2) is 9.59 Å². The zero-order valence-electron chi connectivity index (χ0n) is 17.2. The maximum Gasteiger partial charge on any atom is 0.416 e. The first-order valence-electron chi connectivity index (χ1n) is 10.1. The standard InChI is InChI=1S/C23H24F3NO4/c1-2-30-20(28)22(15-17-9-11-19(12-10-17)23(24,25)26)13-6-14-27(22)21(29)31-16-18-7-4-3-5-8-18/h3-5,7-12H,2,6,13-16H2,1H3. The van der Waals surface area contributed by atoms with Crippen molar-refractivity contribution in [2.75, 3.05) is 13.2 Å². The molecule has 0 bridgehead atoms. The number of esters is 1. The van der Waals surface area contributed by atoms with E-state index in [4.69, 9.17) is 9.47 Å². The van der Waals surface area contributed by atoms with Crippen LogP contribution in [0.3, 0.4) is 0 Å². The Kier molecular flexibility index (Phi) is 6.87. The minimum Gasteiger partial charge on any atom is -0.464 e. The minimum atomic E-state index is -4.45. The molecule has 2 aromatic carbocycles. The highest BCUT2D eigenvalue weighted by Gasteiger charge is 2.51. The zero-order chi connectivity index (χ0) is 22.5. The molecule has 1 atom stereocenters. The van der Waals surface area contributed by atoms with Gasteiger partial charge in [0.1, 0.15) is 12.1 Å². The number of hydrogen-bond acceptors (Lipinski definition) is 4. The van der Waals surface area contributed by atoms with Crippen LogP contribution in [0.2, 0.25) is 0 Å². The summed E-state index contributed by atoms with van der Waals surface area (Å²) in [5, 5.41) is 0. The van der Waals surface area contributed by atoms with E-state index in [0.717, 1.165) is 17.7 Å². The topological polar surface area (TPSA) is 55.8 Å². The molecule has 1 heterocycles. The first-order valence-corrected chi connectivity index (χ1v) is 10.1. The van der Waals surface area contributed by atoms with E-state index in [9.17, 15) is 22.8 Å². The van der Waals surface area contributed by atoms with Crippen LogP contribution in [0.1, 0.15) is 36.5 Å². The highest BCUT2D eigenvalue weighted by molar-refractivity contribution is 5.87. The molecule has 3 rings (SSSR count). The van der Waals surface area contributed by atoms with Gasteiger partial charge in [0, 0.05) is 13.0 Å². The molecule has 0 aliphatic carbocycles. The van der Waals surface area contributed by atoms with Crippen LogP contribution in [0.15, 0.2) is 54.6 Å². The van der Waals surface area contributed by atoms with Gasteiger partial charge in [0.15, 0.2) is 0 Å². The smallest absolute Gasteiger partial charge is 0.416 e. The van der Waals surface area contributed by atoms with Crippen LogP contribution in [-0.2, 0) is 33.5 Å². The molecule has 0 saturated carbocycles. The summed E-state index contributed by atoms with van der Waals surface area (Å²) in [6.45, 7) is 2.14. The average molecular weight is 435 g/mol. The van der Waals surface area contributed by atoms with E-state index in [1.165, 1.54) is 17.0 Å². The minimum absolute atomic E-state index is 0.0460. The quantitative estimate of drug-likeness (QED) is 0.601. The highest BCUT2D eigenvalue weighted by atomic mass is 19.4. The second-order valence-electron chi connectivity index (χ2n) is 7.42. The summed E-state index contributed by atoms with van der Waals surface area (Å²) >= 11 is 0. The molecule has 31 heavy (non-hydrogen) atoms. The molecule has 0 radical (unpaired) electrons. The highest BCUT2D eigenvalue weighted by Crippen LogP contribution is 2.36. The van der Waals surface area contributed by atoms with Gasteiger partial charge in [-0.15, -0.1) is 0 Å². The molecule has 2 aromatic rings. The third kappa shape index (κ3) is 5.18. The Labute approximate surface area is 178 Å². The zero-order valence-corrected chi connectivity index (χ0v) is 17.2. The van der Waals surface area contributed by atoms with Gasteiger partial charge < -0.3 is 9.47 Å². The maximum atomic E-state index is 12.9. The fourth-order valence-corrected chi connectivity index (χ4v) is 3.82. The molecule has 5 nitrogen and oxygen atoms in total. The van der Waals surface area contributed by atoms with Crippen molar-refractivity contribution in [3.05, 3.63) is 71.3 Å². The number of carbonyl (C=O) groups excluding carboxylic acids is 2. The number of carbonyl (C=O) groups is 2. The first kappa shape index (κ1) is 22.7. The maximum absolute atomic E-state index is 12.9. The number of nitrogens with zero attached hydrogens (tertiary/aromatic N) is 1. The molecule has 0 N–H and O–H groups in total. The Hall–Kier alpha value is -3.03. The summed E-state index contributed by atoms with van der Waals surface area (Å²) in [6, 6.07) is 13.7. The lowest BCUT2D eigenvalue weighted by Crippen LogP contribution is -2.55. The van der Waals surface area contributed by atoms with Gasteiger partial charge >= 0.3 is 18.2 Å². The van der Waals surface area contributed by atoms with Crippen molar-refractivity contribution in [2.24, 2.45) is 0 Å². The van der Waals surface area contributed by atoms with E-state index in [1.54, 1.807) is 6.92 Å². The Morgan fingerprint density at radius 2 is 1.68 bits per heavy atom. The Bertz CT molecular complexity index is 899. The van der Waals surface area contributed by atoms with Crippen molar-refractivity contribution < 1.29 is 32.2 Å². The summed E-state index contributed by atoms with van der Waals surface area (Å²) in [4.78, 5) is 27.2. The van der Waals surface area contributed by atoms with E-state index in [2.05, 4.69) is 0 Å². The lowest BCUT2D eigenvalue weighted by Gasteiger charge is -2.35. The van der Waals surface area contributed by atoms with Gasteiger partial charge in [-0.1, -0.05) is 42.5 Å². The molecule has 1 unspecified atom stereocenters. The molecular formula is C23H24F3NO4. The summed E-state index contributed by atoms with van der Waals surface area (Å²) in [5.41, 5.74) is -0.779. The Morgan fingerprint density at radius 3 is 2.29 bits per heavy atom. The lowest BCUT2D eigenvalue weighted by molar-refractivity contribution is -0.155. The van der Waals surface area contributed by atoms with E-state index >= 15 is 0 Å². The van der Waals surface area contributed by atoms with Crippen LogP contribution in [-0.4, -0.2) is 35.7 Å². The van der Waals surface area contributed by atoms with Gasteiger partial charge in [-0.3, -0.25) is 4.90 Å². The second kappa shape index (κ2) is 9.41. The Balaban J connectivity index is 1.82. The van der Waals surface area contributed by atoms with Gasteiger partial charge in [0.05, 0.1) is 12.2 Å². The fraction of sp³-hybridized carbons (Fsp3) is 0.391. The molecule has 8 heteroatoms. The second-order valence-corrected chi connectivity index (χ2v) is 7.42. The van der Waals surface area contributed by atoms with Crippen molar-refractivity contribution in [2.45, 2.75) is 44.5 Å². The molecule has 1 saturated heterocycles. The van der Waals surface area contributed by atoms with Gasteiger partial charge in [0.25, 0.3) is 0 Å². The number of likely N-dealkylation sites (tertiary alicyclic amines) is 1. The summed E-state index contributed by atoms with van der Waals surface area (Å²) in [6.07, 6.45) is -4.16. The molecule has 1 aliphatic heterocycles. The van der Waals surface area contributed by atoms with Crippen LogP contribution in [0, 0.1) is 0 Å². The summed E-state index contributed by atoms with van der Waals surface area (Å²) in [5.74, 6) is -0.580. The van der Waals surface area contributed by atoms with E-state index < -0.39 is 29.3 Å². The number of alkyl halides is 3. The van der Waals surface area contributed by atoms with Crippen molar-refractivity contribution in [1.82, 2.24) is 4.90 Å². The predicted molar refractivity (Wildman–Crippen MR) is 107 cm³/mol. The number of hydrogen-bond donors (Lipinski definition) is 0. The lowest BCUT2D eigenvalue weighted by atomic mass is 9.88. The molecule has 1 amide bonds. The van der Waals surface area contributed by atoms with E-state index in [-0.39, 0.29) is 19.6 Å². The molecule has 1 aliphatic rings. The number of benzene rings is 2. The van der Waals surface area contributed by atoms with Gasteiger partial charge in [-0.2, -0.15) is 13.2 Å². The monoisotopic (exact) mass is 435 g/mol. The third-order valence-corrected chi connectivity index (χ3v) is 5.35. The van der Waals surface area contributed by atoms with Crippen LogP contribution < -0.4 is 0 Å². The van der Waals surface area contributed by atoms with E-state index in [0.29, 0.717) is 24.9 Å². The van der Waals surface area contributed by atoms with Crippen molar-refractivity contribution >= 4 is 12.1 Å². The average Bonchev–Trinajstić information content (AvgIpc) is 3.17.